The molecule has 1 N–H and O–H groups in total. The number of anilines is 2. The first kappa shape index (κ1) is 18.3. The van der Waals surface area contributed by atoms with Gasteiger partial charge in [0, 0.05) is 36.4 Å². The molecule has 1 aliphatic heterocycles. The summed E-state index contributed by atoms with van der Waals surface area (Å²) in [5, 5.41) is 8.03. The van der Waals surface area contributed by atoms with Crippen LogP contribution >= 0.6 is 11.6 Å². The molecule has 0 bridgehead atoms. The number of fused-ring (bicyclic) bond motifs is 1. The van der Waals surface area contributed by atoms with Crippen LogP contribution in [0.1, 0.15) is 12.0 Å². The van der Waals surface area contributed by atoms with Gasteiger partial charge in [-0.1, -0.05) is 17.7 Å². The number of carbonyl (C=O) groups is 2. The molecule has 7 nitrogen and oxygen atoms in total. The average molecular weight is 398 g/mol. The maximum Gasteiger partial charge on any atom is 0.244 e. The van der Waals surface area contributed by atoms with Crippen LogP contribution in [0.5, 0.6) is 0 Å². The van der Waals surface area contributed by atoms with Gasteiger partial charge in [0.05, 0.1) is 12.2 Å². The van der Waals surface area contributed by atoms with Gasteiger partial charge in [0.15, 0.2) is 0 Å². The summed E-state index contributed by atoms with van der Waals surface area (Å²) < 4.78 is 3.75. The van der Waals surface area contributed by atoms with Gasteiger partial charge in [-0.05, 0) is 36.8 Å². The minimum atomic E-state index is -0.284. The fraction of sp³-hybridized carbons (Fsp3) is 0.250. The number of nitrogens with one attached hydrogen (secondary N) is 1. The first-order valence-electron chi connectivity index (χ1n) is 8.99. The highest BCUT2D eigenvalue weighted by Crippen LogP contribution is 2.28. The summed E-state index contributed by atoms with van der Waals surface area (Å²) in [5.74, 6) is 0.253. The lowest BCUT2D eigenvalue weighted by atomic mass is 10.2. The van der Waals surface area contributed by atoms with Crippen molar-refractivity contribution in [1.82, 2.24) is 14.3 Å². The summed E-state index contributed by atoms with van der Waals surface area (Å²) in [6, 6.07) is 11.1. The average Bonchev–Trinajstić information content (AvgIpc) is 3.27. The van der Waals surface area contributed by atoms with E-state index in [2.05, 4.69) is 10.4 Å². The smallest absolute Gasteiger partial charge is 0.244 e. The lowest BCUT2D eigenvalue weighted by Crippen LogP contribution is -2.42. The van der Waals surface area contributed by atoms with Crippen molar-refractivity contribution in [2.45, 2.75) is 19.9 Å². The molecule has 3 heterocycles. The van der Waals surface area contributed by atoms with E-state index in [9.17, 15) is 9.59 Å². The van der Waals surface area contributed by atoms with E-state index in [1.807, 2.05) is 42.9 Å². The predicted octanol–water partition coefficient (Wildman–Crippen LogP) is 3.23. The van der Waals surface area contributed by atoms with Crippen LogP contribution in [0.4, 0.5) is 11.5 Å². The molecular weight excluding hydrogens is 378 g/mol. The van der Waals surface area contributed by atoms with E-state index in [0.29, 0.717) is 29.5 Å². The lowest BCUT2D eigenvalue weighted by molar-refractivity contribution is -0.122. The van der Waals surface area contributed by atoms with Crippen LogP contribution in [-0.2, 0) is 23.2 Å². The molecule has 0 radical (unpaired) electrons. The van der Waals surface area contributed by atoms with Crippen molar-refractivity contribution in [3.05, 3.63) is 53.2 Å². The highest BCUT2D eigenvalue weighted by atomic mass is 35.5. The van der Waals surface area contributed by atoms with Crippen molar-refractivity contribution >= 4 is 34.9 Å². The van der Waals surface area contributed by atoms with Gasteiger partial charge in [-0.3, -0.25) is 14.5 Å². The summed E-state index contributed by atoms with van der Waals surface area (Å²) >= 11 is 6.11. The minimum Gasteiger partial charge on any atom is -0.349 e. The van der Waals surface area contributed by atoms with Gasteiger partial charge >= 0.3 is 0 Å². The molecule has 3 aromatic rings. The van der Waals surface area contributed by atoms with Crippen molar-refractivity contribution < 1.29 is 9.59 Å². The first-order chi connectivity index (χ1) is 13.4. The number of halogens is 1. The SMILES string of the molecule is Cc1c(Cl)cccc1NC(=O)CN1C(=O)CCn2nc(-c3cccn3C)cc21. The lowest BCUT2D eigenvalue weighted by Gasteiger charge is -2.27. The summed E-state index contributed by atoms with van der Waals surface area (Å²) in [6.07, 6.45) is 2.25. The largest absolute Gasteiger partial charge is 0.349 e. The third kappa shape index (κ3) is 3.29. The number of amides is 2. The molecule has 1 aromatic carbocycles. The second-order valence-electron chi connectivity index (χ2n) is 6.81. The Kier molecular flexibility index (Phi) is 4.68. The second-order valence-corrected chi connectivity index (χ2v) is 7.21. The predicted molar refractivity (Wildman–Crippen MR) is 108 cm³/mol. The molecule has 0 aliphatic carbocycles. The molecule has 144 valence electrons. The maximum atomic E-state index is 12.6. The summed E-state index contributed by atoms with van der Waals surface area (Å²) in [7, 11) is 1.94. The van der Waals surface area contributed by atoms with Crippen molar-refractivity contribution in [3.63, 3.8) is 0 Å². The third-order valence-corrected chi connectivity index (χ3v) is 5.33. The molecule has 1 aliphatic rings. The number of nitrogens with zero attached hydrogens (tertiary/aromatic N) is 4. The van der Waals surface area contributed by atoms with E-state index in [-0.39, 0.29) is 18.4 Å². The first-order valence-corrected chi connectivity index (χ1v) is 9.36. The van der Waals surface area contributed by atoms with Crippen LogP contribution in [0, 0.1) is 6.92 Å². The minimum absolute atomic E-state index is 0.0803. The summed E-state index contributed by atoms with van der Waals surface area (Å²) in [6.45, 7) is 2.26. The molecule has 0 saturated carbocycles. The van der Waals surface area contributed by atoms with Crippen molar-refractivity contribution in [2.24, 2.45) is 7.05 Å². The number of aryl methyl sites for hydroxylation is 2. The molecule has 2 amide bonds. The highest BCUT2D eigenvalue weighted by molar-refractivity contribution is 6.31. The van der Waals surface area contributed by atoms with Crippen LogP contribution in [0.25, 0.3) is 11.4 Å². The monoisotopic (exact) mass is 397 g/mol. The summed E-state index contributed by atoms with van der Waals surface area (Å²) in [4.78, 5) is 26.6. The molecular formula is C20H20ClN5O2. The van der Waals surface area contributed by atoms with Crippen molar-refractivity contribution in [2.75, 3.05) is 16.8 Å². The van der Waals surface area contributed by atoms with Crippen LogP contribution < -0.4 is 10.2 Å². The summed E-state index contributed by atoms with van der Waals surface area (Å²) in [5.41, 5.74) is 3.15. The van der Waals surface area contributed by atoms with Gasteiger partial charge in [-0.25, -0.2) is 4.68 Å². The van der Waals surface area contributed by atoms with E-state index in [0.717, 1.165) is 17.0 Å². The zero-order valence-corrected chi connectivity index (χ0v) is 16.4. The Morgan fingerprint density at radius 1 is 1.29 bits per heavy atom. The zero-order chi connectivity index (χ0) is 19.8. The Bertz CT molecular complexity index is 1070. The quantitative estimate of drug-likeness (QED) is 0.734. The Morgan fingerprint density at radius 3 is 2.86 bits per heavy atom. The molecule has 8 heteroatoms. The van der Waals surface area contributed by atoms with Gasteiger partial charge in [-0.15, -0.1) is 0 Å². The number of rotatable bonds is 4. The number of aromatic nitrogens is 3. The van der Waals surface area contributed by atoms with Gasteiger partial charge in [0.25, 0.3) is 0 Å². The van der Waals surface area contributed by atoms with E-state index in [1.165, 1.54) is 4.90 Å². The molecule has 28 heavy (non-hydrogen) atoms. The molecule has 0 spiro atoms. The van der Waals surface area contributed by atoms with E-state index in [4.69, 9.17) is 11.6 Å². The number of carbonyl (C=O) groups excluding carboxylic acids is 2. The molecule has 0 fully saturated rings. The maximum absolute atomic E-state index is 12.6. The molecule has 0 saturated heterocycles. The molecule has 2 aromatic heterocycles. The Hall–Kier alpha value is -3.06. The van der Waals surface area contributed by atoms with Crippen molar-refractivity contribution in [1.29, 1.82) is 0 Å². The second kappa shape index (κ2) is 7.16. The van der Waals surface area contributed by atoms with Crippen LogP contribution in [0.15, 0.2) is 42.6 Å². The van der Waals surface area contributed by atoms with Crippen LogP contribution in [-0.4, -0.2) is 32.7 Å². The number of benzene rings is 1. The van der Waals surface area contributed by atoms with Crippen LogP contribution in [0.3, 0.4) is 0 Å². The fourth-order valence-corrected chi connectivity index (χ4v) is 3.53. The van der Waals surface area contributed by atoms with Gasteiger partial charge in [0.1, 0.15) is 18.1 Å². The van der Waals surface area contributed by atoms with E-state index >= 15 is 0 Å². The standard InChI is InChI=1S/C20H20ClN5O2/c1-13-14(21)5-3-6-15(13)22-18(27)12-25-19-11-16(17-7-4-9-24(17)2)23-26(19)10-8-20(25)28/h3-7,9,11H,8,10,12H2,1-2H3,(H,22,27). The molecule has 0 atom stereocenters. The Labute approximate surface area is 167 Å². The zero-order valence-electron chi connectivity index (χ0n) is 15.6. The van der Waals surface area contributed by atoms with E-state index in [1.54, 1.807) is 22.9 Å². The number of hydrogen-bond donors (Lipinski definition) is 1. The van der Waals surface area contributed by atoms with Crippen LogP contribution in [0.2, 0.25) is 5.02 Å². The molecule has 4 rings (SSSR count). The number of hydrogen-bond acceptors (Lipinski definition) is 3. The normalized spacial score (nSPS) is 13.5. The van der Waals surface area contributed by atoms with Crippen molar-refractivity contribution in [3.8, 4) is 11.4 Å². The topological polar surface area (TPSA) is 72.2 Å². The Morgan fingerprint density at radius 2 is 2.11 bits per heavy atom. The highest BCUT2D eigenvalue weighted by Gasteiger charge is 2.28. The fourth-order valence-electron chi connectivity index (χ4n) is 3.35. The third-order valence-electron chi connectivity index (χ3n) is 4.92. The molecule has 0 unspecified atom stereocenters. The van der Waals surface area contributed by atoms with Gasteiger partial charge in [-0.2, -0.15) is 5.10 Å². The van der Waals surface area contributed by atoms with Gasteiger partial charge in [0.2, 0.25) is 11.8 Å². The van der Waals surface area contributed by atoms with E-state index < -0.39 is 0 Å². The Balaban J connectivity index is 1.58. The van der Waals surface area contributed by atoms with Gasteiger partial charge < -0.3 is 9.88 Å².